The van der Waals surface area contributed by atoms with E-state index in [-0.39, 0.29) is 38.0 Å². The van der Waals surface area contributed by atoms with E-state index in [1.54, 1.807) is 6.20 Å². The fraction of sp³-hybridized carbons (Fsp3) is 0.564. The number of carbonyl (C=O) groups excluding carboxylic acids is 6. The number of para-hydroxylation sites is 1. The molecule has 0 saturated carbocycles. The lowest BCUT2D eigenvalue weighted by Crippen LogP contribution is -2.63. The maximum atomic E-state index is 14.3. The summed E-state index contributed by atoms with van der Waals surface area (Å²) in [4.78, 5) is 94.3. The fourth-order valence-electron chi connectivity index (χ4n) is 6.71. The van der Waals surface area contributed by atoms with Crippen LogP contribution in [0.1, 0.15) is 83.9 Å². The first kappa shape index (κ1) is 43.4. The van der Waals surface area contributed by atoms with Gasteiger partial charge in [0, 0.05) is 41.8 Å². The van der Waals surface area contributed by atoms with E-state index >= 15 is 0 Å². The number of aromatic nitrogens is 3. The van der Waals surface area contributed by atoms with Crippen molar-refractivity contribution in [2.24, 2.45) is 11.7 Å². The van der Waals surface area contributed by atoms with Gasteiger partial charge in [0.05, 0.1) is 12.4 Å². The average Bonchev–Trinajstić information content (AvgIpc) is 3.83. The molecule has 306 valence electrons. The van der Waals surface area contributed by atoms with Crippen LogP contribution < -0.4 is 37.6 Å². The zero-order valence-corrected chi connectivity index (χ0v) is 32.7. The van der Waals surface area contributed by atoms with Crippen molar-refractivity contribution in [1.82, 2.24) is 46.9 Å². The number of benzene rings is 1. The van der Waals surface area contributed by atoms with E-state index in [9.17, 15) is 33.9 Å². The largest absolute Gasteiger partial charge is 0.391 e. The van der Waals surface area contributed by atoms with Crippen molar-refractivity contribution in [3.05, 3.63) is 54.2 Å². The number of nitrogens with two attached hydrogens (primary N) is 1. The molecule has 0 radical (unpaired) electrons. The molecule has 7 atom stereocenters. The minimum Gasteiger partial charge on any atom is -0.391 e. The van der Waals surface area contributed by atoms with Crippen LogP contribution in [-0.4, -0.2) is 104 Å². The summed E-state index contributed by atoms with van der Waals surface area (Å²) in [6, 6.07) is 0.110. The van der Waals surface area contributed by atoms with Gasteiger partial charge in [0.15, 0.2) is 0 Å². The van der Waals surface area contributed by atoms with Crippen LogP contribution in [0.3, 0.4) is 0 Å². The average molecular weight is 779 g/mol. The normalized spacial score (nSPS) is 24.0. The zero-order chi connectivity index (χ0) is 40.8. The number of aromatic amines is 2. The summed E-state index contributed by atoms with van der Waals surface area (Å²) in [5.74, 6) is -4.25. The standard InChI is InChI=1S/C39H58N10O7/c1-5-6-12-28-34(51)47-31(17-24-19-42-27-13-8-7-11-26(24)27)37(54)48-32(18-25-20-41-21-43-25)38(55)49-33(23(4)50)39(56)45-29(14-9-10-15-40)35(52)46-30(16-22(2)3)36(53)44-28/h7-8,11,13,19-23,28-33,42,50H,5-6,9-10,12,14-18,40H2,1-4H3,(H,41,43)(H,44,53)(H,45,56)(H,46,52)(H,47,51)(H,48,54)(H,49,55)/t23-,28-,29-,30+,31+,32-,33+/m0/s1. The lowest BCUT2D eigenvalue weighted by atomic mass is 9.99. The van der Waals surface area contributed by atoms with Crippen LogP contribution in [0.2, 0.25) is 0 Å². The first-order valence-corrected chi connectivity index (χ1v) is 19.5. The Morgan fingerprint density at radius 3 is 1.89 bits per heavy atom. The fourth-order valence-corrected chi connectivity index (χ4v) is 6.71. The Balaban J connectivity index is 1.78. The lowest BCUT2D eigenvalue weighted by molar-refractivity contribution is -0.138. The number of rotatable bonds is 14. The third kappa shape index (κ3) is 12.4. The Hall–Kier alpha value is -5.29. The highest BCUT2D eigenvalue weighted by Crippen LogP contribution is 2.20. The summed E-state index contributed by atoms with van der Waals surface area (Å²) >= 11 is 0. The number of unbranched alkanes of at least 4 members (excludes halogenated alkanes) is 2. The van der Waals surface area contributed by atoms with Crippen LogP contribution in [0, 0.1) is 5.92 Å². The van der Waals surface area contributed by atoms with Gasteiger partial charge in [0.25, 0.3) is 0 Å². The molecule has 56 heavy (non-hydrogen) atoms. The van der Waals surface area contributed by atoms with Crippen molar-refractivity contribution in [1.29, 1.82) is 0 Å². The topological polar surface area (TPSA) is 265 Å². The number of hydrogen-bond acceptors (Lipinski definition) is 9. The van der Waals surface area contributed by atoms with Gasteiger partial charge in [-0.3, -0.25) is 28.8 Å². The number of fused-ring (bicyclic) bond motifs is 1. The highest BCUT2D eigenvalue weighted by atomic mass is 16.3. The van der Waals surface area contributed by atoms with Crippen LogP contribution in [-0.2, 0) is 41.6 Å². The van der Waals surface area contributed by atoms with E-state index in [0.29, 0.717) is 37.9 Å². The Bertz CT molecular complexity index is 1780. The van der Waals surface area contributed by atoms with Gasteiger partial charge in [-0.2, -0.15) is 0 Å². The van der Waals surface area contributed by atoms with E-state index in [1.165, 1.54) is 19.4 Å². The van der Waals surface area contributed by atoms with Crippen molar-refractivity contribution < 1.29 is 33.9 Å². The van der Waals surface area contributed by atoms with E-state index in [2.05, 4.69) is 46.9 Å². The molecule has 17 heteroatoms. The predicted octanol–water partition coefficient (Wildman–Crippen LogP) is 0.345. The molecule has 1 saturated heterocycles. The summed E-state index contributed by atoms with van der Waals surface area (Å²) < 4.78 is 0. The zero-order valence-electron chi connectivity index (χ0n) is 32.7. The number of carbonyl (C=O) groups is 6. The van der Waals surface area contributed by atoms with Gasteiger partial charge in [0.2, 0.25) is 35.4 Å². The number of H-pyrrole nitrogens is 2. The summed E-state index contributed by atoms with van der Waals surface area (Å²) in [5, 5.41) is 28.0. The number of amides is 6. The maximum Gasteiger partial charge on any atom is 0.245 e. The third-order valence-electron chi connectivity index (χ3n) is 9.81. The van der Waals surface area contributed by atoms with E-state index in [4.69, 9.17) is 5.73 Å². The van der Waals surface area contributed by atoms with Crippen molar-refractivity contribution in [2.45, 2.75) is 128 Å². The minimum absolute atomic E-state index is 0.0186. The molecular weight excluding hydrogens is 720 g/mol. The van der Waals surface area contributed by atoms with Gasteiger partial charge in [-0.05, 0) is 63.1 Å². The molecule has 1 fully saturated rings. The highest BCUT2D eigenvalue weighted by Gasteiger charge is 2.36. The lowest BCUT2D eigenvalue weighted by Gasteiger charge is -2.30. The predicted molar refractivity (Wildman–Crippen MR) is 209 cm³/mol. The molecule has 3 heterocycles. The summed E-state index contributed by atoms with van der Waals surface area (Å²) in [7, 11) is 0. The molecule has 0 bridgehead atoms. The number of nitrogens with zero attached hydrogens (tertiary/aromatic N) is 1. The molecule has 0 aliphatic carbocycles. The second-order valence-electron chi connectivity index (χ2n) is 14.9. The van der Waals surface area contributed by atoms with Crippen LogP contribution in [0.15, 0.2) is 43.0 Å². The smallest absolute Gasteiger partial charge is 0.245 e. The van der Waals surface area contributed by atoms with Gasteiger partial charge in [-0.25, -0.2) is 4.98 Å². The van der Waals surface area contributed by atoms with E-state index in [1.807, 2.05) is 45.0 Å². The molecule has 2 aromatic heterocycles. The minimum atomic E-state index is -1.54. The molecule has 17 nitrogen and oxygen atoms in total. The molecular formula is C39H58N10O7. The molecule has 6 amide bonds. The maximum absolute atomic E-state index is 14.3. The molecule has 11 N–H and O–H groups in total. The van der Waals surface area contributed by atoms with Crippen molar-refractivity contribution in [3.8, 4) is 0 Å². The Morgan fingerprint density at radius 2 is 1.27 bits per heavy atom. The van der Waals surface area contributed by atoms with Crippen LogP contribution in [0.4, 0.5) is 0 Å². The second-order valence-corrected chi connectivity index (χ2v) is 14.9. The van der Waals surface area contributed by atoms with Gasteiger partial charge >= 0.3 is 0 Å². The monoisotopic (exact) mass is 778 g/mol. The van der Waals surface area contributed by atoms with Gasteiger partial charge < -0.3 is 52.7 Å². The van der Waals surface area contributed by atoms with Crippen molar-refractivity contribution in [2.75, 3.05) is 6.54 Å². The number of nitrogens with one attached hydrogen (secondary N) is 8. The van der Waals surface area contributed by atoms with Crippen LogP contribution in [0.25, 0.3) is 10.9 Å². The number of imidazole rings is 1. The van der Waals surface area contributed by atoms with Crippen molar-refractivity contribution >= 4 is 46.3 Å². The number of aliphatic hydroxyl groups is 1. The first-order valence-electron chi connectivity index (χ1n) is 19.5. The summed E-state index contributed by atoms with van der Waals surface area (Å²) in [6.07, 6.45) is 6.07. The molecule has 1 aliphatic rings. The van der Waals surface area contributed by atoms with E-state index in [0.717, 1.165) is 16.5 Å². The molecule has 3 aromatic rings. The molecule has 4 rings (SSSR count). The molecule has 0 unspecified atom stereocenters. The number of aliphatic hydroxyl groups excluding tert-OH is 1. The Morgan fingerprint density at radius 1 is 0.696 bits per heavy atom. The van der Waals surface area contributed by atoms with Gasteiger partial charge in [-0.1, -0.05) is 51.8 Å². The van der Waals surface area contributed by atoms with Gasteiger partial charge in [0.1, 0.15) is 36.3 Å². The Kier molecular flexibility index (Phi) is 16.4. The highest BCUT2D eigenvalue weighted by molar-refractivity contribution is 5.98. The SMILES string of the molecule is CCCC[C@@H]1NC(=O)[C@@H](CC(C)C)NC(=O)[C@H](CCCCN)NC(=O)[C@@H]([C@H](C)O)NC(=O)[C@H](Cc2cnc[nH]2)NC(=O)[C@@H](Cc2c[nH]c3ccccc23)NC1=O. The molecule has 0 spiro atoms. The molecule has 1 aliphatic heterocycles. The molecule has 1 aromatic carbocycles. The quantitative estimate of drug-likeness (QED) is 0.101. The van der Waals surface area contributed by atoms with Gasteiger partial charge in [-0.15, -0.1) is 0 Å². The Labute approximate surface area is 326 Å². The van der Waals surface area contributed by atoms with Crippen LogP contribution in [0.5, 0.6) is 0 Å². The van der Waals surface area contributed by atoms with Crippen LogP contribution >= 0.6 is 0 Å². The summed E-state index contributed by atoms with van der Waals surface area (Å²) in [6.45, 7) is 7.38. The summed E-state index contributed by atoms with van der Waals surface area (Å²) in [5.41, 5.74) is 7.73. The van der Waals surface area contributed by atoms with Crippen molar-refractivity contribution in [3.63, 3.8) is 0 Å². The first-order chi connectivity index (χ1) is 26.8. The van der Waals surface area contributed by atoms with E-state index < -0.39 is 77.8 Å². The second kappa shape index (κ2) is 21.1. The third-order valence-corrected chi connectivity index (χ3v) is 9.81. The number of hydrogen-bond donors (Lipinski definition) is 10.